The summed E-state index contributed by atoms with van der Waals surface area (Å²) in [5, 5.41) is 8.06. The Balaban J connectivity index is 1.66. The van der Waals surface area contributed by atoms with Gasteiger partial charge >= 0.3 is 0 Å². The molecule has 2 fully saturated rings. The Kier molecular flexibility index (Phi) is 4.33. The highest BCUT2D eigenvalue weighted by atomic mass is 15.3. The Morgan fingerprint density at radius 1 is 1.19 bits per heavy atom. The van der Waals surface area contributed by atoms with Gasteiger partial charge in [0, 0.05) is 69.2 Å². The summed E-state index contributed by atoms with van der Waals surface area (Å²) < 4.78 is 2.14. The van der Waals surface area contributed by atoms with Crippen molar-refractivity contribution in [2.45, 2.75) is 46.3 Å². The molecule has 0 spiro atoms. The van der Waals surface area contributed by atoms with Crippen molar-refractivity contribution >= 4 is 0 Å². The van der Waals surface area contributed by atoms with Crippen LogP contribution in [0.1, 0.15) is 36.8 Å². The van der Waals surface area contributed by atoms with Gasteiger partial charge in [-0.25, -0.2) is 0 Å². The van der Waals surface area contributed by atoms with E-state index in [9.17, 15) is 0 Å². The van der Waals surface area contributed by atoms with Crippen LogP contribution >= 0.6 is 0 Å². The second-order valence-corrected chi connectivity index (χ2v) is 6.46. The predicted octanol–water partition coefficient (Wildman–Crippen LogP) is 1.17. The van der Waals surface area contributed by atoms with Gasteiger partial charge < -0.3 is 5.32 Å². The second kappa shape index (κ2) is 6.07. The number of rotatable bonds is 4. The van der Waals surface area contributed by atoms with E-state index < -0.39 is 0 Å². The van der Waals surface area contributed by atoms with Crippen molar-refractivity contribution in [3.63, 3.8) is 0 Å². The van der Waals surface area contributed by atoms with E-state index in [0.717, 1.165) is 12.6 Å². The Morgan fingerprint density at radius 2 is 1.86 bits per heavy atom. The van der Waals surface area contributed by atoms with Crippen LogP contribution in [0.15, 0.2) is 0 Å². The van der Waals surface area contributed by atoms with Crippen molar-refractivity contribution in [1.82, 2.24) is 24.9 Å². The minimum atomic E-state index is 0.479. The SMILES string of the molecule is CCn1nc(C)c(C(C)N2CCN(C3CNC3)CC2)c1C. The molecule has 1 unspecified atom stereocenters. The van der Waals surface area contributed by atoms with Crippen molar-refractivity contribution in [2.24, 2.45) is 0 Å². The third-order valence-electron chi connectivity index (χ3n) is 5.33. The van der Waals surface area contributed by atoms with E-state index in [0.29, 0.717) is 6.04 Å². The first-order valence-electron chi connectivity index (χ1n) is 8.34. The first-order valence-corrected chi connectivity index (χ1v) is 8.34. The minimum absolute atomic E-state index is 0.479. The Labute approximate surface area is 128 Å². The molecule has 2 aliphatic rings. The van der Waals surface area contributed by atoms with Gasteiger partial charge in [0.1, 0.15) is 0 Å². The fraction of sp³-hybridized carbons (Fsp3) is 0.812. The second-order valence-electron chi connectivity index (χ2n) is 6.46. The molecule has 0 radical (unpaired) electrons. The molecule has 5 heteroatoms. The van der Waals surface area contributed by atoms with Gasteiger partial charge in [0.2, 0.25) is 0 Å². The summed E-state index contributed by atoms with van der Waals surface area (Å²) >= 11 is 0. The lowest BCUT2D eigenvalue weighted by molar-refractivity contribution is 0.0549. The fourth-order valence-electron chi connectivity index (χ4n) is 3.83. The largest absolute Gasteiger partial charge is 0.314 e. The van der Waals surface area contributed by atoms with E-state index in [1.807, 2.05) is 0 Å². The number of piperazine rings is 1. The highest BCUT2D eigenvalue weighted by molar-refractivity contribution is 5.28. The smallest absolute Gasteiger partial charge is 0.0644 e. The summed E-state index contributed by atoms with van der Waals surface area (Å²) in [6.45, 7) is 17.0. The van der Waals surface area contributed by atoms with E-state index in [1.165, 1.54) is 56.2 Å². The number of hydrogen-bond acceptors (Lipinski definition) is 4. The lowest BCUT2D eigenvalue weighted by Gasteiger charge is -2.44. The number of hydrogen-bond donors (Lipinski definition) is 1. The highest BCUT2D eigenvalue weighted by Gasteiger charge is 2.30. The topological polar surface area (TPSA) is 36.3 Å². The van der Waals surface area contributed by atoms with Crippen molar-refractivity contribution in [3.05, 3.63) is 17.0 Å². The first kappa shape index (κ1) is 15.0. The third-order valence-corrected chi connectivity index (χ3v) is 5.33. The molecule has 118 valence electrons. The minimum Gasteiger partial charge on any atom is -0.314 e. The highest BCUT2D eigenvalue weighted by Crippen LogP contribution is 2.27. The molecule has 0 saturated carbocycles. The maximum Gasteiger partial charge on any atom is 0.0644 e. The molecule has 1 aromatic rings. The molecule has 1 atom stereocenters. The molecule has 1 N–H and O–H groups in total. The van der Waals surface area contributed by atoms with Gasteiger partial charge in [-0.1, -0.05) is 0 Å². The van der Waals surface area contributed by atoms with Crippen LogP contribution in [-0.2, 0) is 6.54 Å². The summed E-state index contributed by atoms with van der Waals surface area (Å²) in [5.74, 6) is 0. The molecule has 5 nitrogen and oxygen atoms in total. The van der Waals surface area contributed by atoms with Gasteiger partial charge in [-0.3, -0.25) is 14.5 Å². The summed E-state index contributed by atoms with van der Waals surface area (Å²) in [5.41, 5.74) is 3.98. The standard InChI is InChI=1S/C16H29N5/c1-5-21-14(4)16(12(2)18-21)13(3)19-6-8-20(9-7-19)15-10-17-11-15/h13,15,17H,5-11H2,1-4H3. The molecule has 1 aromatic heterocycles. The predicted molar refractivity (Wildman–Crippen MR) is 85.6 cm³/mol. The lowest BCUT2D eigenvalue weighted by Crippen LogP contribution is -2.61. The zero-order valence-corrected chi connectivity index (χ0v) is 13.9. The summed E-state index contributed by atoms with van der Waals surface area (Å²) in [7, 11) is 0. The van der Waals surface area contributed by atoms with Gasteiger partial charge in [-0.05, 0) is 27.7 Å². The maximum atomic E-state index is 4.68. The number of nitrogens with zero attached hydrogens (tertiary/aromatic N) is 4. The first-order chi connectivity index (χ1) is 10.1. The molecule has 0 aromatic carbocycles. The molecule has 0 amide bonds. The van der Waals surface area contributed by atoms with E-state index in [1.54, 1.807) is 0 Å². The Morgan fingerprint density at radius 3 is 2.33 bits per heavy atom. The third kappa shape index (κ3) is 2.74. The zero-order valence-electron chi connectivity index (χ0n) is 13.9. The summed E-state index contributed by atoms with van der Waals surface area (Å²) in [4.78, 5) is 5.27. The van der Waals surface area contributed by atoms with Crippen LogP contribution in [0.5, 0.6) is 0 Å². The lowest BCUT2D eigenvalue weighted by atomic mass is 10.0. The van der Waals surface area contributed by atoms with Gasteiger partial charge in [0.25, 0.3) is 0 Å². The molecular weight excluding hydrogens is 262 g/mol. The number of aryl methyl sites for hydroxylation is 2. The van der Waals surface area contributed by atoms with Gasteiger partial charge in [0.05, 0.1) is 5.69 Å². The molecule has 3 rings (SSSR count). The van der Waals surface area contributed by atoms with Crippen molar-refractivity contribution in [1.29, 1.82) is 0 Å². The average Bonchev–Trinajstić information content (AvgIpc) is 2.71. The zero-order chi connectivity index (χ0) is 15.0. The van der Waals surface area contributed by atoms with E-state index in [-0.39, 0.29) is 0 Å². The van der Waals surface area contributed by atoms with E-state index in [4.69, 9.17) is 0 Å². The van der Waals surface area contributed by atoms with Crippen LogP contribution in [0.2, 0.25) is 0 Å². The van der Waals surface area contributed by atoms with Gasteiger partial charge in [-0.15, -0.1) is 0 Å². The summed E-state index contributed by atoms with van der Waals surface area (Å²) in [6, 6.07) is 1.26. The van der Waals surface area contributed by atoms with Crippen LogP contribution in [-0.4, -0.2) is 64.9 Å². The van der Waals surface area contributed by atoms with E-state index in [2.05, 4.69) is 52.6 Å². The van der Waals surface area contributed by atoms with Crippen LogP contribution in [0.4, 0.5) is 0 Å². The van der Waals surface area contributed by atoms with Crippen molar-refractivity contribution in [3.8, 4) is 0 Å². The summed E-state index contributed by atoms with van der Waals surface area (Å²) in [6.07, 6.45) is 0. The Hall–Kier alpha value is -0.910. The molecule has 3 heterocycles. The fourth-order valence-corrected chi connectivity index (χ4v) is 3.83. The molecule has 0 aliphatic carbocycles. The van der Waals surface area contributed by atoms with Crippen molar-refractivity contribution < 1.29 is 0 Å². The van der Waals surface area contributed by atoms with Crippen molar-refractivity contribution in [2.75, 3.05) is 39.3 Å². The average molecular weight is 291 g/mol. The normalized spacial score (nSPS) is 23.2. The maximum absolute atomic E-state index is 4.68. The molecule has 2 saturated heterocycles. The quantitative estimate of drug-likeness (QED) is 0.903. The number of nitrogens with one attached hydrogen (secondary N) is 1. The number of aromatic nitrogens is 2. The van der Waals surface area contributed by atoms with Crippen LogP contribution in [0, 0.1) is 13.8 Å². The van der Waals surface area contributed by atoms with Crippen LogP contribution in [0.25, 0.3) is 0 Å². The molecule has 21 heavy (non-hydrogen) atoms. The molecule has 2 aliphatic heterocycles. The van der Waals surface area contributed by atoms with E-state index >= 15 is 0 Å². The monoisotopic (exact) mass is 291 g/mol. The Bertz CT molecular complexity index is 483. The molecule has 0 bridgehead atoms. The van der Waals surface area contributed by atoms with Crippen LogP contribution < -0.4 is 5.32 Å². The van der Waals surface area contributed by atoms with Gasteiger partial charge in [0.15, 0.2) is 0 Å². The van der Waals surface area contributed by atoms with Gasteiger partial charge in [-0.2, -0.15) is 5.10 Å². The van der Waals surface area contributed by atoms with Crippen LogP contribution in [0.3, 0.4) is 0 Å². The molecular formula is C16H29N5.